The highest BCUT2D eigenvalue weighted by atomic mass is 32.2. The van der Waals surface area contributed by atoms with E-state index in [0.29, 0.717) is 58.2 Å². The Morgan fingerprint density at radius 1 is 1.30 bits per heavy atom. The third-order valence-corrected chi connectivity index (χ3v) is 7.56. The lowest BCUT2D eigenvalue weighted by Crippen LogP contribution is -2.56. The Labute approximate surface area is 177 Å². The fraction of sp³-hybridized carbons (Fsp3) is 0.667. The highest BCUT2D eigenvalue weighted by Crippen LogP contribution is 2.33. The van der Waals surface area contributed by atoms with Crippen LogP contribution in [0, 0.1) is 18.7 Å². The van der Waals surface area contributed by atoms with Crippen molar-refractivity contribution in [2.75, 3.05) is 43.3 Å². The van der Waals surface area contributed by atoms with Crippen molar-refractivity contribution >= 4 is 21.6 Å². The minimum Gasteiger partial charge on any atom is -0.379 e. The molecule has 0 spiro atoms. The van der Waals surface area contributed by atoms with E-state index in [-0.39, 0.29) is 23.4 Å². The summed E-state index contributed by atoms with van der Waals surface area (Å²) >= 11 is 0. The molecule has 0 aromatic heterocycles. The van der Waals surface area contributed by atoms with E-state index in [0.717, 1.165) is 24.0 Å². The Hall–Kier alpha value is -1.71. The van der Waals surface area contributed by atoms with E-state index < -0.39 is 15.8 Å². The molecule has 2 atom stereocenters. The normalized spacial score (nSPS) is 27.1. The number of amides is 1. The van der Waals surface area contributed by atoms with Gasteiger partial charge in [0, 0.05) is 39.2 Å². The Balaban J connectivity index is 1.57. The molecular weight excluding hydrogens is 409 g/mol. The number of piperazine rings is 1. The molecule has 1 aromatic rings. The molecule has 1 amide bonds. The molecule has 2 unspecified atom stereocenters. The molecule has 30 heavy (non-hydrogen) atoms. The monoisotopic (exact) mass is 439 g/mol. The molecule has 4 rings (SSSR count). The van der Waals surface area contributed by atoms with Gasteiger partial charge in [0.1, 0.15) is 5.82 Å². The maximum Gasteiger partial charge on any atom is 0.232 e. The summed E-state index contributed by atoms with van der Waals surface area (Å²) in [5, 5.41) is 0. The Kier molecular flexibility index (Phi) is 6.31. The quantitative estimate of drug-likeness (QED) is 0.764. The van der Waals surface area contributed by atoms with E-state index >= 15 is 0 Å². The number of halogens is 1. The standard InChI is InChI=1S/C21H30FN3O4S/c1-15-17-10-18(22)11-20(15)23-30(27,28)8-2-7-29-14-19-13-24(12-17)5-6-25(19)21(26)9-16-3-4-16/h10-11,16,19,23H,2-9,12-14H2,1H3. The fourth-order valence-electron chi connectivity index (χ4n) is 4.26. The van der Waals surface area contributed by atoms with Crippen molar-refractivity contribution < 1.29 is 22.3 Å². The molecule has 0 radical (unpaired) electrons. The van der Waals surface area contributed by atoms with Gasteiger partial charge in [-0.05, 0) is 55.4 Å². The molecule has 2 heterocycles. The number of anilines is 1. The zero-order valence-electron chi connectivity index (χ0n) is 17.4. The highest BCUT2D eigenvalue weighted by molar-refractivity contribution is 7.92. The molecule has 166 valence electrons. The molecule has 3 aliphatic rings. The predicted octanol–water partition coefficient (Wildman–Crippen LogP) is 2.11. The molecule has 9 heteroatoms. The minimum absolute atomic E-state index is 0.0731. The number of rotatable bonds is 2. The topological polar surface area (TPSA) is 79.0 Å². The lowest BCUT2D eigenvalue weighted by atomic mass is 10.0. The van der Waals surface area contributed by atoms with E-state index in [1.165, 1.54) is 12.1 Å². The maximum absolute atomic E-state index is 14.2. The first-order valence-electron chi connectivity index (χ1n) is 10.7. The second-order valence-corrected chi connectivity index (χ2v) is 10.6. The van der Waals surface area contributed by atoms with Crippen LogP contribution in [0.1, 0.15) is 36.8 Å². The van der Waals surface area contributed by atoms with Crippen molar-refractivity contribution in [3.63, 3.8) is 0 Å². The Morgan fingerprint density at radius 2 is 2.10 bits per heavy atom. The number of carbonyl (C=O) groups is 1. The fourth-order valence-corrected chi connectivity index (χ4v) is 5.40. The largest absolute Gasteiger partial charge is 0.379 e. The van der Waals surface area contributed by atoms with Gasteiger partial charge in [-0.3, -0.25) is 14.4 Å². The number of sulfonamides is 1. The molecule has 2 aliphatic heterocycles. The van der Waals surface area contributed by atoms with E-state index in [1.54, 1.807) is 0 Å². The first-order valence-corrected chi connectivity index (χ1v) is 12.3. The first kappa shape index (κ1) is 21.5. The average molecular weight is 440 g/mol. The molecule has 1 N–H and O–H groups in total. The summed E-state index contributed by atoms with van der Waals surface area (Å²) < 4.78 is 47.4. The van der Waals surface area contributed by atoms with Crippen LogP contribution < -0.4 is 4.72 Å². The molecule has 1 saturated heterocycles. The zero-order chi connectivity index (χ0) is 21.3. The molecule has 2 fully saturated rings. The molecule has 1 aromatic carbocycles. The molecular formula is C21H30FN3O4S. The average Bonchev–Trinajstić information content (AvgIpc) is 3.48. The van der Waals surface area contributed by atoms with Crippen LogP contribution in [0.5, 0.6) is 0 Å². The zero-order valence-corrected chi connectivity index (χ0v) is 18.2. The van der Waals surface area contributed by atoms with Crippen molar-refractivity contribution in [1.29, 1.82) is 0 Å². The van der Waals surface area contributed by atoms with Crippen LogP contribution in [0.15, 0.2) is 12.1 Å². The van der Waals surface area contributed by atoms with Gasteiger partial charge in [0.25, 0.3) is 0 Å². The van der Waals surface area contributed by atoms with Crippen LogP contribution in [-0.2, 0) is 26.1 Å². The second kappa shape index (κ2) is 8.80. The molecule has 4 bridgehead atoms. The van der Waals surface area contributed by atoms with Gasteiger partial charge in [-0.15, -0.1) is 0 Å². The van der Waals surface area contributed by atoms with E-state index in [9.17, 15) is 17.6 Å². The smallest absolute Gasteiger partial charge is 0.232 e. The first-order chi connectivity index (χ1) is 14.3. The predicted molar refractivity (Wildman–Crippen MR) is 112 cm³/mol. The number of benzene rings is 1. The van der Waals surface area contributed by atoms with Gasteiger partial charge in [0.05, 0.1) is 24.1 Å². The van der Waals surface area contributed by atoms with Gasteiger partial charge in [0.15, 0.2) is 0 Å². The number of hydrogen-bond donors (Lipinski definition) is 1. The molecule has 7 nitrogen and oxygen atoms in total. The summed E-state index contributed by atoms with van der Waals surface area (Å²) in [6.45, 7) is 4.99. The van der Waals surface area contributed by atoms with Crippen molar-refractivity contribution in [2.45, 2.75) is 45.2 Å². The van der Waals surface area contributed by atoms with Crippen LogP contribution in [0.4, 0.5) is 10.1 Å². The van der Waals surface area contributed by atoms with Crippen molar-refractivity contribution in [1.82, 2.24) is 9.80 Å². The third kappa shape index (κ3) is 5.31. The maximum atomic E-state index is 14.2. The summed E-state index contributed by atoms with van der Waals surface area (Å²) in [5.41, 5.74) is 1.78. The van der Waals surface area contributed by atoms with E-state index in [2.05, 4.69) is 9.62 Å². The summed E-state index contributed by atoms with van der Waals surface area (Å²) in [6, 6.07) is 2.63. The SMILES string of the molecule is Cc1c2cc(F)cc1NS(=O)(=O)CCCOCC1CN(CCN1C(=O)CC1CC1)C2. The highest BCUT2D eigenvalue weighted by Gasteiger charge is 2.34. The number of ether oxygens (including phenoxy) is 1. The number of carbonyl (C=O) groups excluding carboxylic acids is 1. The summed E-state index contributed by atoms with van der Waals surface area (Å²) in [7, 11) is -3.59. The lowest BCUT2D eigenvalue weighted by Gasteiger charge is -2.41. The Morgan fingerprint density at radius 3 is 2.87 bits per heavy atom. The van der Waals surface area contributed by atoms with E-state index in [4.69, 9.17) is 4.74 Å². The van der Waals surface area contributed by atoms with Gasteiger partial charge in [-0.1, -0.05) is 0 Å². The van der Waals surface area contributed by atoms with Crippen molar-refractivity contribution in [3.05, 3.63) is 29.1 Å². The van der Waals surface area contributed by atoms with Gasteiger partial charge in [-0.25, -0.2) is 12.8 Å². The van der Waals surface area contributed by atoms with Crippen LogP contribution in [0.2, 0.25) is 0 Å². The van der Waals surface area contributed by atoms with Crippen LogP contribution >= 0.6 is 0 Å². The van der Waals surface area contributed by atoms with Crippen LogP contribution in [0.25, 0.3) is 0 Å². The molecule has 1 aliphatic carbocycles. The van der Waals surface area contributed by atoms with Gasteiger partial charge >= 0.3 is 0 Å². The van der Waals surface area contributed by atoms with Gasteiger partial charge in [0.2, 0.25) is 15.9 Å². The van der Waals surface area contributed by atoms with Gasteiger partial charge < -0.3 is 9.64 Å². The van der Waals surface area contributed by atoms with Crippen LogP contribution in [-0.4, -0.2) is 68.8 Å². The van der Waals surface area contributed by atoms with Crippen molar-refractivity contribution in [3.8, 4) is 0 Å². The summed E-state index contributed by atoms with van der Waals surface area (Å²) in [6.07, 6.45) is 3.21. The lowest BCUT2D eigenvalue weighted by molar-refractivity contribution is -0.138. The summed E-state index contributed by atoms with van der Waals surface area (Å²) in [5.74, 6) is 0.154. The van der Waals surface area contributed by atoms with E-state index in [1.807, 2.05) is 11.8 Å². The molecule has 1 saturated carbocycles. The van der Waals surface area contributed by atoms with Gasteiger partial charge in [-0.2, -0.15) is 0 Å². The number of nitrogens with one attached hydrogen (secondary N) is 1. The number of hydrogen-bond acceptors (Lipinski definition) is 5. The summed E-state index contributed by atoms with van der Waals surface area (Å²) in [4.78, 5) is 16.9. The number of fused-ring (bicyclic) bond motifs is 4. The number of nitrogens with zero attached hydrogens (tertiary/aromatic N) is 2. The van der Waals surface area contributed by atoms with Crippen LogP contribution in [0.3, 0.4) is 0 Å². The third-order valence-electron chi connectivity index (χ3n) is 6.20. The van der Waals surface area contributed by atoms with Crippen molar-refractivity contribution in [2.24, 2.45) is 5.92 Å². The Bertz CT molecular complexity index is 904. The second-order valence-electron chi connectivity index (χ2n) is 8.71. The minimum atomic E-state index is -3.59.